The molecule has 2 amide bonds. The number of hydrogen-bond acceptors (Lipinski definition) is 4. The van der Waals surface area contributed by atoms with Gasteiger partial charge in [0.15, 0.2) is 9.84 Å². The topological polar surface area (TPSA) is 92.3 Å². The van der Waals surface area contributed by atoms with Crippen LogP contribution < -0.4 is 10.6 Å². The number of nitrogens with one attached hydrogen (secondary N) is 2. The molecule has 6 nitrogen and oxygen atoms in total. The van der Waals surface area contributed by atoms with Gasteiger partial charge >= 0.3 is 0 Å². The minimum atomic E-state index is -3.63. The first kappa shape index (κ1) is 14.9. The molecule has 0 spiro atoms. The van der Waals surface area contributed by atoms with E-state index in [0.717, 1.165) is 6.08 Å². The molecule has 0 heterocycles. The molecule has 0 aromatic heterocycles. The molecular weight excluding hydrogens is 256 g/mol. The van der Waals surface area contributed by atoms with Gasteiger partial charge in [-0.2, -0.15) is 0 Å². The molecule has 0 saturated heterocycles. The second-order valence-corrected chi connectivity index (χ2v) is 6.11. The van der Waals surface area contributed by atoms with E-state index in [1.165, 1.54) is 6.92 Å². The average molecular weight is 269 g/mol. The van der Waals surface area contributed by atoms with Crippen LogP contribution in [-0.2, 0) is 19.4 Å². The normalized spacial score (nSPS) is 12.6. The number of carbonyl (C=O) groups excluding carboxylic acids is 2. The summed E-state index contributed by atoms with van der Waals surface area (Å²) in [6.07, 6.45) is 1.03. The maximum Gasteiger partial charge on any atom is 0.244 e. The maximum absolute atomic E-state index is 11.2. The maximum atomic E-state index is 11.2. The molecule has 0 aliphatic heterocycles. The summed E-state index contributed by atoms with van der Waals surface area (Å²) in [5.74, 6) is -1.90. The number of hydrogen-bond donors (Lipinski definition) is 2. The number of halogens is 1. The number of amides is 2. The zero-order valence-corrected chi connectivity index (χ0v) is 10.3. The number of rotatable bonds is 6. The lowest BCUT2D eigenvalue weighted by molar-refractivity contribution is -0.119. The van der Waals surface area contributed by atoms with Crippen LogP contribution in [0.1, 0.15) is 6.92 Å². The predicted molar refractivity (Wildman–Crippen MR) is 60.5 cm³/mol. The van der Waals surface area contributed by atoms with Crippen molar-refractivity contribution in [3.8, 4) is 0 Å². The molecule has 0 aliphatic carbocycles. The molecule has 0 aromatic rings. The molecule has 0 bridgehead atoms. The quantitative estimate of drug-likeness (QED) is 0.381. The van der Waals surface area contributed by atoms with E-state index in [4.69, 9.17) is 11.6 Å². The molecule has 0 rings (SSSR count). The van der Waals surface area contributed by atoms with Crippen molar-refractivity contribution in [2.45, 2.75) is 11.6 Å². The van der Waals surface area contributed by atoms with Crippen LogP contribution in [0.4, 0.5) is 0 Å². The molecule has 16 heavy (non-hydrogen) atoms. The van der Waals surface area contributed by atoms with E-state index < -0.39 is 32.1 Å². The molecule has 92 valence electrons. The molecule has 1 unspecified atom stereocenters. The SMILES string of the molecule is C=CC(=O)NCNC(=O)CS(=O)(=O)C(C)Cl. The van der Waals surface area contributed by atoms with Crippen molar-refractivity contribution in [3.63, 3.8) is 0 Å². The Balaban J connectivity index is 4.02. The van der Waals surface area contributed by atoms with E-state index in [-0.39, 0.29) is 6.67 Å². The van der Waals surface area contributed by atoms with Gasteiger partial charge in [0.2, 0.25) is 11.8 Å². The minimum Gasteiger partial charge on any atom is -0.338 e. The second-order valence-electron chi connectivity index (χ2n) is 2.87. The zero-order chi connectivity index (χ0) is 12.8. The summed E-state index contributed by atoms with van der Waals surface area (Å²) in [5, 5.41) is 4.46. The van der Waals surface area contributed by atoms with Gasteiger partial charge in [0.1, 0.15) is 10.5 Å². The van der Waals surface area contributed by atoms with Crippen molar-refractivity contribution in [1.29, 1.82) is 0 Å². The summed E-state index contributed by atoms with van der Waals surface area (Å²) >= 11 is 5.37. The third kappa shape index (κ3) is 5.72. The predicted octanol–water partition coefficient (Wildman–Crippen LogP) is -0.638. The summed E-state index contributed by atoms with van der Waals surface area (Å²) in [4.78, 5) is 21.8. The molecule has 8 heteroatoms. The first-order valence-electron chi connectivity index (χ1n) is 4.32. The molecule has 0 aliphatic rings. The monoisotopic (exact) mass is 268 g/mol. The van der Waals surface area contributed by atoms with Gasteiger partial charge in [-0.05, 0) is 13.0 Å². The fourth-order valence-electron chi connectivity index (χ4n) is 0.651. The van der Waals surface area contributed by atoms with Crippen LogP contribution in [0.15, 0.2) is 12.7 Å². The van der Waals surface area contributed by atoms with Crippen LogP contribution in [-0.4, -0.2) is 37.4 Å². The third-order valence-corrected chi connectivity index (χ3v) is 4.03. The number of carbonyl (C=O) groups is 2. The summed E-state index contributed by atoms with van der Waals surface area (Å²) in [7, 11) is -3.63. The van der Waals surface area contributed by atoms with Gasteiger partial charge in [-0.1, -0.05) is 6.58 Å². The van der Waals surface area contributed by atoms with E-state index >= 15 is 0 Å². The fraction of sp³-hybridized carbons (Fsp3) is 0.500. The van der Waals surface area contributed by atoms with Gasteiger partial charge in [-0.25, -0.2) is 8.42 Å². The van der Waals surface area contributed by atoms with Gasteiger partial charge in [-0.15, -0.1) is 11.6 Å². The van der Waals surface area contributed by atoms with Crippen LogP contribution in [0, 0.1) is 0 Å². The first-order valence-corrected chi connectivity index (χ1v) is 6.47. The lowest BCUT2D eigenvalue weighted by Gasteiger charge is -2.07. The smallest absolute Gasteiger partial charge is 0.244 e. The van der Waals surface area contributed by atoms with E-state index in [1.807, 2.05) is 0 Å². The number of sulfone groups is 1. The minimum absolute atomic E-state index is 0.157. The Labute approximate surface area is 99.0 Å². The Bertz CT molecular complexity index is 377. The third-order valence-electron chi connectivity index (χ3n) is 1.56. The average Bonchev–Trinajstić information content (AvgIpc) is 2.16. The standard InChI is InChI=1S/C8H13ClN2O4S/c1-3-7(12)10-5-11-8(13)4-16(14,15)6(2)9/h3,6H,1,4-5H2,2H3,(H,10,12)(H,11,13). The summed E-state index contributed by atoms with van der Waals surface area (Å²) in [6, 6.07) is 0. The molecular formula is C8H13ClN2O4S. The lowest BCUT2D eigenvalue weighted by atomic mass is 10.6. The van der Waals surface area contributed by atoms with Crippen molar-refractivity contribution in [2.24, 2.45) is 0 Å². The largest absolute Gasteiger partial charge is 0.338 e. The summed E-state index contributed by atoms with van der Waals surface area (Å²) < 4.78 is 21.3. The van der Waals surface area contributed by atoms with Crippen molar-refractivity contribution in [2.75, 3.05) is 12.4 Å². The Morgan fingerprint density at radius 3 is 2.44 bits per heavy atom. The van der Waals surface area contributed by atoms with Crippen molar-refractivity contribution in [3.05, 3.63) is 12.7 Å². The second kappa shape index (κ2) is 6.49. The highest BCUT2D eigenvalue weighted by atomic mass is 35.5. The zero-order valence-electron chi connectivity index (χ0n) is 8.70. The summed E-state index contributed by atoms with van der Waals surface area (Å²) in [6.45, 7) is 4.31. The van der Waals surface area contributed by atoms with Crippen molar-refractivity contribution >= 4 is 33.3 Å². The molecule has 0 saturated carbocycles. The van der Waals surface area contributed by atoms with E-state index in [0.29, 0.717) is 0 Å². The van der Waals surface area contributed by atoms with Gasteiger partial charge < -0.3 is 10.6 Å². The van der Waals surface area contributed by atoms with E-state index in [1.54, 1.807) is 0 Å². The Hall–Kier alpha value is -1.08. The first-order chi connectivity index (χ1) is 7.29. The van der Waals surface area contributed by atoms with Gasteiger partial charge in [0.05, 0.1) is 6.67 Å². The van der Waals surface area contributed by atoms with E-state index in [2.05, 4.69) is 17.2 Å². The Morgan fingerprint density at radius 1 is 1.44 bits per heavy atom. The molecule has 0 aromatic carbocycles. The highest BCUT2D eigenvalue weighted by molar-refractivity contribution is 7.93. The van der Waals surface area contributed by atoms with Crippen LogP contribution in [0.3, 0.4) is 0 Å². The van der Waals surface area contributed by atoms with Crippen LogP contribution >= 0.6 is 11.6 Å². The molecule has 1 atom stereocenters. The van der Waals surface area contributed by atoms with Crippen LogP contribution in [0.25, 0.3) is 0 Å². The highest BCUT2D eigenvalue weighted by Crippen LogP contribution is 2.05. The molecule has 0 radical (unpaired) electrons. The highest BCUT2D eigenvalue weighted by Gasteiger charge is 2.21. The summed E-state index contributed by atoms with van der Waals surface area (Å²) in [5.41, 5.74) is 0. The lowest BCUT2D eigenvalue weighted by Crippen LogP contribution is -2.40. The molecule has 0 fully saturated rings. The van der Waals surface area contributed by atoms with Crippen LogP contribution in [0.2, 0.25) is 0 Å². The fourth-order valence-corrected chi connectivity index (χ4v) is 1.54. The van der Waals surface area contributed by atoms with Gasteiger partial charge in [0, 0.05) is 0 Å². The van der Waals surface area contributed by atoms with Crippen molar-refractivity contribution < 1.29 is 18.0 Å². The van der Waals surface area contributed by atoms with Crippen molar-refractivity contribution in [1.82, 2.24) is 10.6 Å². The Kier molecular flexibility index (Phi) is 6.05. The Morgan fingerprint density at radius 2 is 2.00 bits per heavy atom. The van der Waals surface area contributed by atoms with Gasteiger partial charge in [-0.3, -0.25) is 9.59 Å². The molecule has 2 N–H and O–H groups in total. The van der Waals surface area contributed by atoms with E-state index in [9.17, 15) is 18.0 Å². The number of alkyl halides is 1. The van der Waals surface area contributed by atoms with Crippen LogP contribution in [0.5, 0.6) is 0 Å². The van der Waals surface area contributed by atoms with Gasteiger partial charge in [0.25, 0.3) is 0 Å².